The number of methoxy groups -OCH3 is 2. The van der Waals surface area contributed by atoms with Crippen LogP contribution in [-0.2, 0) is 13.1 Å². The van der Waals surface area contributed by atoms with Crippen molar-refractivity contribution in [3.8, 4) is 11.5 Å². The lowest BCUT2D eigenvalue weighted by Gasteiger charge is -2.41. The van der Waals surface area contributed by atoms with Crippen LogP contribution in [0.5, 0.6) is 11.5 Å². The molecule has 2 aromatic rings. The number of ether oxygens (including phenoxy) is 2. The number of benzene rings is 1. The quantitative estimate of drug-likeness (QED) is 0.768. The summed E-state index contributed by atoms with van der Waals surface area (Å²) in [7, 11) is 3.39. The van der Waals surface area contributed by atoms with E-state index in [0.29, 0.717) is 6.04 Å². The molecule has 1 fully saturated rings. The molecular weight excluding hydrogens is 348 g/mol. The van der Waals surface area contributed by atoms with Crippen LogP contribution < -0.4 is 9.47 Å². The first-order chi connectivity index (χ1) is 12.7. The largest absolute Gasteiger partial charge is 0.497 e. The van der Waals surface area contributed by atoms with Crippen molar-refractivity contribution in [3.63, 3.8) is 0 Å². The van der Waals surface area contributed by atoms with Crippen LogP contribution in [0.25, 0.3) is 0 Å². The van der Waals surface area contributed by atoms with Gasteiger partial charge in [-0.1, -0.05) is 6.07 Å². The summed E-state index contributed by atoms with van der Waals surface area (Å²) in [5, 5.41) is 11.6. The molecular formula is C20H28N2O3S. The van der Waals surface area contributed by atoms with E-state index in [2.05, 4.69) is 33.4 Å². The first kappa shape index (κ1) is 19.2. The standard InChI is InChI=1S/C20H28N2O3S/c1-24-18-5-6-20(25-2)16(12-18)13-21-8-9-22(17(14-21)7-10-23)15-19-4-3-11-26-19/h3-6,11-12,17,23H,7-10,13-15H2,1-2H3/t17-/m1/s1. The molecule has 26 heavy (non-hydrogen) atoms. The van der Waals surface area contributed by atoms with Crippen molar-refractivity contribution >= 4 is 11.3 Å². The van der Waals surface area contributed by atoms with E-state index in [4.69, 9.17) is 9.47 Å². The van der Waals surface area contributed by atoms with Crippen LogP contribution in [0.1, 0.15) is 16.9 Å². The van der Waals surface area contributed by atoms with Crippen molar-refractivity contribution in [1.82, 2.24) is 9.80 Å². The SMILES string of the molecule is COc1ccc(OC)c(CN2CCN(Cc3cccs3)[C@H](CCO)C2)c1. The average molecular weight is 377 g/mol. The van der Waals surface area contributed by atoms with Crippen molar-refractivity contribution in [2.45, 2.75) is 25.6 Å². The van der Waals surface area contributed by atoms with E-state index < -0.39 is 0 Å². The van der Waals surface area contributed by atoms with Gasteiger partial charge >= 0.3 is 0 Å². The van der Waals surface area contributed by atoms with E-state index in [1.807, 2.05) is 12.1 Å². The van der Waals surface area contributed by atoms with Gasteiger partial charge < -0.3 is 14.6 Å². The van der Waals surface area contributed by atoms with Gasteiger partial charge in [-0.3, -0.25) is 9.80 Å². The van der Waals surface area contributed by atoms with Gasteiger partial charge in [0.1, 0.15) is 11.5 Å². The molecule has 0 saturated carbocycles. The summed E-state index contributed by atoms with van der Waals surface area (Å²) in [4.78, 5) is 6.33. The van der Waals surface area contributed by atoms with Crippen LogP contribution in [0.3, 0.4) is 0 Å². The Balaban J connectivity index is 1.67. The minimum absolute atomic E-state index is 0.224. The highest BCUT2D eigenvalue weighted by Crippen LogP contribution is 2.27. The second-order valence-corrected chi connectivity index (χ2v) is 7.66. The molecule has 0 aliphatic carbocycles. The topological polar surface area (TPSA) is 45.2 Å². The van der Waals surface area contributed by atoms with Gasteiger partial charge in [0, 0.05) is 55.8 Å². The van der Waals surface area contributed by atoms with Gasteiger partial charge in [-0.15, -0.1) is 11.3 Å². The van der Waals surface area contributed by atoms with E-state index >= 15 is 0 Å². The zero-order valence-electron chi connectivity index (χ0n) is 15.6. The summed E-state index contributed by atoms with van der Waals surface area (Å²) in [6.07, 6.45) is 0.803. The molecule has 6 heteroatoms. The highest BCUT2D eigenvalue weighted by atomic mass is 32.1. The van der Waals surface area contributed by atoms with Crippen LogP contribution in [0.15, 0.2) is 35.7 Å². The summed E-state index contributed by atoms with van der Waals surface area (Å²) in [6, 6.07) is 10.6. The minimum atomic E-state index is 0.224. The molecule has 1 aliphatic rings. The second-order valence-electron chi connectivity index (χ2n) is 6.63. The Morgan fingerprint density at radius 3 is 2.73 bits per heavy atom. The van der Waals surface area contributed by atoms with Crippen molar-refractivity contribution in [2.24, 2.45) is 0 Å². The predicted molar refractivity (Wildman–Crippen MR) is 105 cm³/mol. The van der Waals surface area contributed by atoms with E-state index in [1.54, 1.807) is 25.6 Å². The fraction of sp³-hybridized carbons (Fsp3) is 0.500. The Morgan fingerprint density at radius 1 is 1.15 bits per heavy atom. The third-order valence-corrected chi connectivity index (χ3v) is 5.83. The third-order valence-electron chi connectivity index (χ3n) is 4.97. The van der Waals surface area contributed by atoms with Gasteiger partial charge in [0.05, 0.1) is 14.2 Å². The summed E-state index contributed by atoms with van der Waals surface area (Å²) < 4.78 is 10.9. The number of hydrogen-bond acceptors (Lipinski definition) is 6. The maximum Gasteiger partial charge on any atom is 0.123 e. The van der Waals surface area contributed by atoms with E-state index in [1.165, 1.54) is 4.88 Å². The Kier molecular flexibility index (Phi) is 6.91. The van der Waals surface area contributed by atoms with Crippen molar-refractivity contribution < 1.29 is 14.6 Å². The Morgan fingerprint density at radius 2 is 2.04 bits per heavy atom. The smallest absolute Gasteiger partial charge is 0.123 e. The number of piperazine rings is 1. The molecule has 1 aromatic carbocycles. The number of aliphatic hydroxyl groups is 1. The van der Waals surface area contributed by atoms with Crippen molar-refractivity contribution in [1.29, 1.82) is 0 Å². The number of thiophene rings is 1. The molecule has 1 aliphatic heterocycles. The lowest BCUT2D eigenvalue weighted by Crippen LogP contribution is -2.52. The van der Waals surface area contributed by atoms with Gasteiger partial charge in [0.15, 0.2) is 0 Å². The monoisotopic (exact) mass is 376 g/mol. The molecule has 0 bridgehead atoms. The van der Waals surface area contributed by atoms with E-state index in [9.17, 15) is 5.11 Å². The number of rotatable bonds is 8. The fourth-order valence-corrected chi connectivity index (χ4v) is 4.31. The van der Waals surface area contributed by atoms with Crippen molar-refractivity contribution in [2.75, 3.05) is 40.5 Å². The zero-order chi connectivity index (χ0) is 18.4. The van der Waals surface area contributed by atoms with Crippen LogP contribution in [0.2, 0.25) is 0 Å². The first-order valence-corrected chi connectivity index (χ1v) is 9.92. The molecule has 5 nitrogen and oxygen atoms in total. The maximum absolute atomic E-state index is 9.51. The number of aliphatic hydroxyl groups excluding tert-OH is 1. The molecule has 3 rings (SSSR count). The van der Waals surface area contributed by atoms with Crippen LogP contribution in [-0.4, -0.2) is 61.4 Å². The molecule has 1 N–H and O–H groups in total. The van der Waals surface area contributed by atoms with E-state index in [0.717, 1.165) is 56.2 Å². The van der Waals surface area contributed by atoms with Crippen LogP contribution in [0.4, 0.5) is 0 Å². The molecule has 1 aromatic heterocycles. The van der Waals surface area contributed by atoms with Gasteiger partial charge in [-0.05, 0) is 36.1 Å². The summed E-state index contributed by atoms with van der Waals surface area (Å²) in [5.74, 6) is 1.74. The molecule has 0 unspecified atom stereocenters. The lowest BCUT2D eigenvalue weighted by atomic mass is 10.1. The molecule has 0 radical (unpaired) electrons. The zero-order valence-corrected chi connectivity index (χ0v) is 16.4. The van der Waals surface area contributed by atoms with E-state index in [-0.39, 0.29) is 6.61 Å². The molecule has 1 atom stereocenters. The van der Waals surface area contributed by atoms with Crippen LogP contribution >= 0.6 is 11.3 Å². The molecule has 0 spiro atoms. The highest BCUT2D eigenvalue weighted by Gasteiger charge is 2.27. The third kappa shape index (κ3) is 4.76. The Labute approximate surface area is 159 Å². The second kappa shape index (κ2) is 9.37. The van der Waals surface area contributed by atoms with Gasteiger partial charge in [0.25, 0.3) is 0 Å². The Bertz CT molecular complexity index is 678. The van der Waals surface area contributed by atoms with Gasteiger partial charge in [0.2, 0.25) is 0 Å². The Hall–Kier alpha value is -1.60. The lowest BCUT2D eigenvalue weighted by molar-refractivity contribution is 0.0503. The number of nitrogens with zero attached hydrogens (tertiary/aromatic N) is 2. The summed E-state index contributed by atoms with van der Waals surface area (Å²) in [6.45, 7) is 4.99. The molecule has 0 amide bonds. The van der Waals surface area contributed by atoms with Gasteiger partial charge in [-0.25, -0.2) is 0 Å². The van der Waals surface area contributed by atoms with Crippen LogP contribution in [0, 0.1) is 0 Å². The van der Waals surface area contributed by atoms with Gasteiger partial charge in [-0.2, -0.15) is 0 Å². The fourth-order valence-electron chi connectivity index (χ4n) is 3.58. The summed E-state index contributed by atoms with van der Waals surface area (Å²) in [5.41, 5.74) is 1.14. The highest BCUT2D eigenvalue weighted by molar-refractivity contribution is 7.09. The molecule has 2 heterocycles. The average Bonchev–Trinajstić information content (AvgIpc) is 3.17. The first-order valence-electron chi connectivity index (χ1n) is 9.04. The summed E-state index contributed by atoms with van der Waals surface area (Å²) >= 11 is 1.80. The van der Waals surface area contributed by atoms with Crippen molar-refractivity contribution in [3.05, 3.63) is 46.2 Å². The number of hydrogen-bond donors (Lipinski definition) is 1. The molecule has 142 valence electrons. The minimum Gasteiger partial charge on any atom is -0.497 e. The predicted octanol–water partition coefficient (Wildman–Crippen LogP) is 2.83. The normalized spacial score (nSPS) is 18.8. The molecule has 1 saturated heterocycles. The maximum atomic E-state index is 9.51.